The fourth-order valence-corrected chi connectivity index (χ4v) is 5.51. The zero-order chi connectivity index (χ0) is 21.8. The Bertz CT molecular complexity index is 1010. The Morgan fingerprint density at radius 1 is 1.00 bits per heavy atom. The highest BCUT2D eigenvalue weighted by Crippen LogP contribution is 2.41. The molecule has 2 aromatic heterocycles. The van der Waals surface area contributed by atoms with Gasteiger partial charge in [0.1, 0.15) is 0 Å². The summed E-state index contributed by atoms with van der Waals surface area (Å²) in [7, 11) is 0. The van der Waals surface area contributed by atoms with Crippen LogP contribution < -0.4 is 10.6 Å². The summed E-state index contributed by atoms with van der Waals surface area (Å²) in [5, 5.41) is 7.94. The topological polar surface area (TPSA) is 45.1 Å². The lowest BCUT2D eigenvalue weighted by atomic mass is 10.0. The molecule has 0 unspecified atom stereocenters. The van der Waals surface area contributed by atoms with Crippen LogP contribution in [0.3, 0.4) is 0 Å². The van der Waals surface area contributed by atoms with E-state index in [1.54, 1.807) is 0 Å². The average molecular weight is 446 g/mol. The molecule has 5 nitrogen and oxygen atoms in total. The third kappa shape index (κ3) is 4.37. The first kappa shape index (κ1) is 21.0. The van der Waals surface area contributed by atoms with E-state index in [9.17, 15) is 0 Å². The summed E-state index contributed by atoms with van der Waals surface area (Å²) >= 11 is 5.85. The van der Waals surface area contributed by atoms with Gasteiger partial charge in [-0.05, 0) is 67.9 Å². The Morgan fingerprint density at radius 3 is 2.59 bits per heavy atom. The summed E-state index contributed by atoms with van der Waals surface area (Å²) in [4.78, 5) is 7.06. The molecule has 1 saturated heterocycles. The molecule has 2 aliphatic rings. The van der Waals surface area contributed by atoms with Crippen molar-refractivity contribution < 1.29 is 0 Å². The molecule has 1 saturated carbocycles. The number of hydrogen-bond acceptors (Lipinski definition) is 3. The van der Waals surface area contributed by atoms with E-state index in [2.05, 4.69) is 79.8 Å². The van der Waals surface area contributed by atoms with E-state index in [-0.39, 0.29) is 12.1 Å². The molecular weight excluding hydrogens is 414 g/mol. The molecular formula is C26H31N5S. The van der Waals surface area contributed by atoms with E-state index in [0.29, 0.717) is 6.04 Å². The van der Waals surface area contributed by atoms with Crippen molar-refractivity contribution in [1.29, 1.82) is 0 Å². The number of thiocarbonyl (C=S) groups is 1. The lowest BCUT2D eigenvalue weighted by molar-refractivity contribution is 0.295. The van der Waals surface area contributed by atoms with E-state index in [1.165, 1.54) is 31.4 Å². The number of rotatable bonds is 8. The second kappa shape index (κ2) is 9.74. The SMILES string of the molecule is S=C1N[C@H](c2ccccn2)[C@H](c2cccn2C2CCCC2)N1CCCNc1ccccc1. The first-order chi connectivity index (χ1) is 15.8. The van der Waals surface area contributed by atoms with Gasteiger partial charge in [0.05, 0.1) is 17.8 Å². The second-order valence-electron chi connectivity index (χ2n) is 8.74. The molecule has 0 spiro atoms. The van der Waals surface area contributed by atoms with Crippen LogP contribution >= 0.6 is 12.2 Å². The van der Waals surface area contributed by atoms with Gasteiger partial charge in [0, 0.05) is 42.9 Å². The Labute approximate surface area is 195 Å². The zero-order valence-corrected chi connectivity index (χ0v) is 19.2. The van der Waals surface area contributed by atoms with E-state index in [1.807, 2.05) is 18.3 Å². The number of pyridine rings is 1. The molecule has 2 fully saturated rings. The van der Waals surface area contributed by atoms with E-state index in [4.69, 9.17) is 12.2 Å². The summed E-state index contributed by atoms with van der Waals surface area (Å²) in [5.74, 6) is 0. The highest BCUT2D eigenvalue weighted by atomic mass is 32.1. The number of anilines is 1. The van der Waals surface area contributed by atoms with Crippen LogP contribution in [0.2, 0.25) is 0 Å². The molecule has 3 heterocycles. The maximum Gasteiger partial charge on any atom is 0.170 e. The molecule has 1 aliphatic carbocycles. The second-order valence-corrected chi connectivity index (χ2v) is 9.13. The van der Waals surface area contributed by atoms with Crippen molar-refractivity contribution in [2.45, 2.75) is 50.2 Å². The first-order valence-electron chi connectivity index (χ1n) is 11.7. The minimum absolute atomic E-state index is 0.0563. The van der Waals surface area contributed by atoms with E-state index >= 15 is 0 Å². The van der Waals surface area contributed by atoms with Crippen LogP contribution in [0, 0.1) is 0 Å². The third-order valence-corrected chi connectivity index (χ3v) is 7.06. The number of para-hydroxylation sites is 1. The molecule has 1 aliphatic heterocycles. The molecule has 2 N–H and O–H groups in total. The van der Waals surface area contributed by atoms with Crippen LogP contribution in [0.4, 0.5) is 5.69 Å². The quantitative estimate of drug-likeness (QED) is 0.355. The minimum Gasteiger partial charge on any atom is -0.385 e. The van der Waals surface area contributed by atoms with Gasteiger partial charge in [0.15, 0.2) is 5.11 Å². The molecule has 1 aromatic carbocycles. The lowest BCUT2D eigenvalue weighted by Gasteiger charge is -2.30. The van der Waals surface area contributed by atoms with Gasteiger partial charge >= 0.3 is 0 Å². The summed E-state index contributed by atoms with van der Waals surface area (Å²) in [5.41, 5.74) is 3.55. The number of hydrogen-bond donors (Lipinski definition) is 2. The van der Waals surface area contributed by atoms with Gasteiger partial charge in [-0.2, -0.15) is 0 Å². The number of nitrogens with zero attached hydrogens (tertiary/aromatic N) is 3. The van der Waals surface area contributed by atoms with Crippen molar-refractivity contribution in [2.24, 2.45) is 0 Å². The summed E-state index contributed by atoms with van der Waals surface area (Å²) < 4.78 is 2.51. The highest BCUT2D eigenvalue weighted by Gasteiger charge is 2.41. The number of aromatic nitrogens is 2. The van der Waals surface area contributed by atoms with Crippen LogP contribution in [0.1, 0.15) is 61.6 Å². The molecule has 0 amide bonds. The Balaban J connectivity index is 1.37. The van der Waals surface area contributed by atoms with Gasteiger partial charge in [-0.1, -0.05) is 37.1 Å². The monoisotopic (exact) mass is 445 g/mol. The predicted octanol–water partition coefficient (Wildman–Crippen LogP) is 5.47. The molecule has 0 bridgehead atoms. The minimum atomic E-state index is 0.0563. The maximum absolute atomic E-state index is 5.85. The van der Waals surface area contributed by atoms with Gasteiger partial charge < -0.3 is 20.1 Å². The van der Waals surface area contributed by atoms with Crippen LogP contribution in [0.25, 0.3) is 0 Å². The smallest absolute Gasteiger partial charge is 0.170 e. The summed E-state index contributed by atoms with van der Waals surface area (Å²) in [6.07, 6.45) is 10.3. The van der Waals surface area contributed by atoms with Gasteiger partial charge in [-0.3, -0.25) is 4.98 Å². The average Bonchev–Trinajstić information content (AvgIpc) is 3.58. The van der Waals surface area contributed by atoms with Gasteiger partial charge in [0.2, 0.25) is 0 Å². The predicted molar refractivity (Wildman–Crippen MR) is 134 cm³/mol. The number of nitrogens with one attached hydrogen (secondary N) is 2. The highest BCUT2D eigenvalue weighted by molar-refractivity contribution is 7.80. The van der Waals surface area contributed by atoms with Crippen LogP contribution in [0.5, 0.6) is 0 Å². The van der Waals surface area contributed by atoms with Crippen molar-refractivity contribution in [2.75, 3.05) is 18.4 Å². The molecule has 166 valence electrons. The molecule has 3 aromatic rings. The van der Waals surface area contributed by atoms with Crippen LogP contribution in [-0.2, 0) is 0 Å². The fourth-order valence-electron chi connectivity index (χ4n) is 5.18. The molecule has 5 rings (SSSR count). The molecule has 6 heteroatoms. The van der Waals surface area contributed by atoms with Gasteiger partial charge in [0.25, 0.3) is 0 Å². The molecule has 0 radical (unpaired) electrons. The largest absolute Gasteiger partial charge is 0.385 e. The van der Waals surface area contributed by atoms with Crippen molar-refractivity contribution in [3.8, 4) is 0 Å². The summed E-state index contributed by atoms with van der Waals surface area (Å²) in [6, 6.07) is 21.8. The normalized spacial score (nSPS) is 21.1. The molecule has 2 atom stereocenters. The first-order valence-corrected chi connectivity index (χ1v) is 12.2. The van der Waals surface area contributed by atoms with Crippen LogP contribution in [0.15, 0.2) is 73.1 Å². The standard InChI is InChI=1S/C26H31N5S/c32-26-29-24(22-14-6-7-16-28-22)25(23-15-8-18-30(23)21-12-4-5-13-21)31(26)19-9-17-27-20-10-2-1-3-11-20/h1-3,6-8,10-11,14-16,18,21,24-25,27H,4-5,9,12-13,17,19H2,(H,29,32)/t24-,25+/m1/s1. The van der Waals surface area contributed by atoms with Gasteiger partial charge in [-0.15, -0.1) is 0 Å². The third-order valence-electron chi connectivity index (χ3n) is 6.71. The van der Waals surface area contributed by atoms with E-state index in [0.717, 1.165) is 36.0 Å². The van der Waals surface area contributed by atoms with Crippen LogP contribution in [-0.4, -0.2) is 32.7 Å². The zero-order valence-electron chi connectivity index (χ0n) is 18.4. The lowest BCUT2D eigenvalue weighted by Crippen LogP contribution is -2.32. The Morgan fingerprint density at radius 2 is 1.81 bits per heavy atom. The maximum atomic E-state index is 5.85. The van der Waals surface area contributed by atoms with Crippen molar-refractivity contribution in [3.63, 3.8) is 0 Å². The van der Waals surface area contributed by atoms with Crippen molar-refractivity contribution in [3.05, 3.63) is 84.4 Å². The summed E-state index contributed by atoms with van der Waals surface area (Å²) in [6.45, 7) is 1.81. The fraction of sp³-hybridized carbons (Fsp3) is 0.385. The Kier molecular flexibility index (Phi) is 6.39. The van der Waals surface area contributed by atoms with Gasteiger partial charge in [-0.25, -0.2) is 0 Å². The van der Waals surface area contributed by atoms with Crippen molar-refractivity contribution in [1.82, 2.24) is 19.8 Å². The van der Waals surface area contributed by atoms with E-state index < -0.39 is 0 Å². The Hall–Kier alpha value is -2.86. The number of benzene rings is 1. The van der Waals surface area contributed by atoms with Crippen molar-refractivity contribution >= 4 is 23.0 Å². The molecule has 32 heavy (non-hydrogen) atoms.